The van der Waals surface area contributed by atoms with Gasteiger partial charge in [0.2, 0.25) is 0 Å². The quantitative estimate of drug-likeness (QED) is 0.482. The number of primary amides is 1. The van der Waals surface area contributed by atoms with Crippen molar-refractivity contribution in [1.29, 1.82) is 0 Å². The number of fused-ring (bicyclic) bond motifs is 2. The summed E-state index contributed by atoms with van der Waals surface area (Å²) < 4.78 is 5.42. The lowest BCUT2D eigenvalue weighted by Crippen LogP contribution is -2.10. The number of anilines is 2. The number of amides is 1. The highest BCUT2D eigenvalue weighted by Crippen LogP contribution is 2.33. The summed E-state index contributed by atoms with van der Waals surface area (Å²) in [6, 6.07) is 15.3. The molecule has 1 aliphatic heterocycles. The van der Waals surface area contributed by atoms with Crippen LogP contribution in [0.15, 0.2) is 53.1 Å². The van der Waals surface area contributed by atoms with Crippen molar-refractivity contribution in [3.8, 4) is 11.5 Å². The Kier molecular flexibility index (Phi) is 4.09. The molecule has 2 aromatic heterocycles. The second kappa shape index (κ2) is 6.90. The van der Waals surface area contributed by atoms with E-state index >= 15 is 0 Å². The summed E-state index contributed by atoms with van der Waals surface area (Å²) in [7, 11) is 0. The van der Waals surface area contributed by atoms with Crippen molar-refractivity contribution in [2.45, 2.75) is 13.0 Å². The molecule has 0 spiro atoms. The summed E-state index contributed by atoms with van der Waals surface area (Å²) in [4.78, 5) is 21.1. The molecule has 2 aromatic carbocycles. The van der Waals surface area contributed by atoms with Gasteiger partial charge in [0.05, 0.1) is 22.3 Å². The lowest BCUT2D eigenvalue weighted by Gasteiger charge is -2.11. The normalized spacial score (nSPS) is 12.6. The minimum absolute atomic E-state index is 0.284. The number of carbonyl (C=O) groups excluding carboxylic acids is 1. The molecule has 29 heavy (non-hydrogen) atoms. The van der Waals surface area contributed by atoms with Gasteiger partial charge in [-0.1, -0.05) is 41.6 Å². The first-order valence-electron chi connectivity index (χ1n) is 9.32. The van der Waals surface area contributed by atoms with Gasteiger partial charge in [0, 0.05) is 19.5 Å². The van der Waals surface area contributed by atoms with Gasteiger partial charge in [-0.05, 0) is 17.7 Å². The van der Waals surface area contributed by atoms with Crippen molar-refractivity contribution < 1.29 is 9.32 Å². The fourth-order valence-corrected chi connectivity index (χ4v) is 3.51. The highest BCUT2D eigenvalue weighted by Gasteiger charge is 2.23. The maximum atomic E-state index is 11.7. The largest absolute Gasteiger partial charge is 0.380 e. The monoisotopic (exact) mass is 386 g/mol. The van der Waals surface area contributed by atoms with Crippen LogP contribution < -0.4 is 16.4 Å². The van der Waals surface area contributed by atoms with Crippen LogP contribution in [0.5, 0.6) is 0 Å². The average Bonchev–Trinajstić information content (AvgIpc) is 3.39. The molecule has 3 heterocycles. The summed E-state index contributed by atoms with van der Waals surface area (Å²) in [5.74, 6) is 0.597. The van der Waals surface area contributed by atoms with Crippen LogP contribution in [0.25, 0.3) is 22.5 Å². The molecule has 4 N–H and O–H groups in total. The Morgan fingerprint density at radius 1 is 1.14 bits per heavy atom. The number of nitrogens with two attached hydrogens (primary N) is 1. The number of hydrogen-bond acceptors (Lipinski definition) is 7. The van der Waals surface area contributed by atoms with Gasteiger partial charge in [0.25, 0.3) is 5.91 Å². The third-order valence-electron chi connectivity index (χ3n) is 4.93. The van der Waals surface area contributed by atoms with Gasteiger partial charge >= 0.3 is 0 Å². The molecule has 8 heteroatoms. The van der Waals surface area contributed by atoms with E-state index in [4.69, 9.17) is 15.2 Å². The molecule has 1 aliphatic rings. The van der Waals surface area contributed by atoms with E-state index in [1.54, 1.807) is 12.1 Å². The van der Waals surface area contributed by atoms with Gasteiger partial charge in [-0.2, -0.15) is 0 Å². The maximum absolute atomic E-state index is 11.7. The zero-order chi connectivity index (χ0) is 19.8. The van der Waals surface area contributed by atoms with Crippen LogP contribution >= 0.6 is 0 Å². The zero-order valence-electron chi connectivity index (χ0n) is 15.5. The van der Waals surface area contributed by atoms with Gasteiger partial charge in [-0.15, -0.1) is 0 Å². The highest BCUT2D eigenvalue weighted by molar-refractivity contribution is 6.06. The van der Waals surface area contributed by atoms with Gasteiger partial charge in [-0.3, -0.25) is 4.79 Å². The number of aromatic nitrogens is 3. The molecular formula is C21H18N6O2. The molecule has 8 nitrogen and oxygen atoms in total. The van der Waals surface area contributed by atoms with Crippen LogP contribution in [-0.4, -0.2) is 27.6 Å². The fraction of sp³-hybridized carbons (Fsp3) is 0.143. The molecule has 0 saturated heterocycles. The SMILES string of the molecule is NC(=O)c1cccc2c(-c3nc4c(c(NCc5ccccc5)n3)NCC4)noc12. The first-order valence-corrected chi connectivity index (χ1v) is 9.32. The van der Waals surface area contributed by atoms with Gasteiger partial charge in [-0.25, -0.2) is 9.97 Å². The standard InChI is InChI=1S/C21H18N6O2/c22-19(28)14-8-4-7-13-16(27-29-18(13)14)21-25-15-9-10-23-17(15)20(26-21)24-11-12-5-2-1-3-6-12/h1-8,23H,9-11H2,(H2,22,28)(H,24,25,26). The molecule has 0 saturated carbocycles. The van der Waals surface area contributed by atoms with Crippen molar-refractivity contribution in [1.82, 2.24) is 15.1 Å². The Balaban J connectivity index is 1.57. The van der Waals surface area contributed by atoms with Crippen molar-refractivity contribution in [3.63, 3.8) is 0 Å². The van der Waals surface area contributed by atoms with Gasteiger partial charge in [0.15, 0.2) is 22.9 Å². The van der Waals surface area contributed by atoms with Gasteiger partial charge < -0.3 is 20.9 Å². The number of nitrogens with one attached hydrogen (secondary N) is 2. The van der Waals surface area contributed by atoms with E-state index in [2.05, 4.69) is 32.9 Å². The van der Waals surface area contributed by atoms with Crippen molar-refractivity contribution >= 4 is 28.4 Å². The van der Waals surface area contributed by atoms with E-state index in [9.17, 15) is 4.79 Å². The Morgan fingerprint density at radius 2 is 2.00 bits per heavy atom. The zero-order valence-corrected chi connectivity index (χ0v) is 15.5. The molecular weight excluding hydrogens is 368 g/mol. The lowest BCUT2D eigenvalue weighted by atomic mass is 10.1. The minimum Gasteiger partial charge on any atom is -0.380 e. The molecule has 0 atom stereocenters. The summed E-state index contributed by atoms with van der Waals surface area (Å²) in [6.45, 7) is 1.44. The van der Waals surface area contributed by atoms with Crippen molar-refractivity contribution in [2.75, 3.05) is 17.2 Å². The molecule has 0 bridgehead atoms. The van der Waals surface area contributed by atoms with Crippen LogP contribution in [-0.2, 0) is 13.0 Å². The summed E-state index contributed by atoms with van der Waals surface area (Å²) in [5.41, 5.74) is 9.54. The predicted molar refractivity (Wildman–Crippen MR) is 110 cm³/mol. The smallest absolute Gasteiger partial charge is 0.252 e. The Bertz CT molecular complexity index is 1220. The van der Waals surface area contributed by atoms with Crippen LogP contribution in [0.4, 0.5) is 11.5 Å². The number of benzene rings is 2. The molecule has 4 aromatic rings. The minimum atomic E-state index is -0.567. The average molecular weight is 386 g/mol. The summed E-state index contributed by atoms with van der Waals surface area (Å²) in [6.07, 6.45) is 0.799. The van der Waals surface area contributed by atoms with Crippen LogP contribution in [0.2, 0.25) is 0 Å². The molecule has 1 amide bonds. The second-order valence-electron chi connectivity index (χ2n) is 6.81. The molecule has 0 aliphatic carbocycles. The molecule has 144 valence electrons. The number of hydrogen-bond donors (Lipinski definition) is 3. The molecule has 0 unspecified atom stereocenters. The van der Waals surface area contributed by atoms with E-state index in [0.29, 0.717) is 34.9 Å². The Morgan fingerprint density at radius 3 is 2.83 bits per heavy atom. The number of rotatable bonds is 5. The van der Waals surface area contributed by atoms with Crippen molar-refractivity contribution in [3.05, 3.63) is 65.4 Å². The van der Waals surface area contributed by atoms with E-state index in [-0.39, 0.29) is 5.56 Å². The molecule has 5 rings (SSSR count). The number of para-hydroxylation sites is 1. The van der Waals surface area contributed by atoms with E-state index in [1.807, 2.05) is 24.3 Å². The first-order chi connectivity index (χ1) is 14.2. The predicted octanol–water partition coefficient (Wildman–Crippen LogP) is 2.96. The van der Waals surface area contributed by atoms with Crippen LogP contribution in [0, 0.1) is 0 Å². The summed E-state index contributed by atoms with van der Waals surface area (Å²) >= 11 is 0. The third kappa shape index (κ3) is 3.04. The number of carbonyl (C=O) groups is 1. The fourth-order valence-electron chi connectivity index (χ4n) is 3.51. The highest BCUT2D eigenvalue weighted by atomic mass is 16.5. The van der Waals surface area contributed by atoms with E-state index < -0.39 is 5.91 Å². The maximum Gasteiger partial charge on any atom is 0.252 e. The second-order valence-corrected chi connectivity index (χ2v) is 6.81. The van der Waals surface area contributed by atoms with Crippen LogP contribution in [0.1, 0.15) is 21.6 Å². The lowest BCUT2D eigenvalue weighted by molar-refractivity contribution is 0.100. The third-order valence-corrected chi connectivity index (χ3v) is 4.93. The van der Waals surface area contributed by atoms with E-state index in [1.165, 1.54) is 0 Å². The van der Waals surface area contributed by atoms with Crippen molar-refractivity contribution in [2.24, 2.45) is 5.73 Å². The number of nitrogens with zero attached hydrogens (tertiary/aromatic N) is 3. The van der Waals surface area contributed by atoms with E-state index in [0.717, 1.165) is 29.9 Å². The molecule has 0 fully saturated rings. The Hall–Kier alpha value is -3.94. The van der Waals surface area contributed by atoms with Crippen LogP contribution in [0.3, 0.4) is 0 Å². The summed E-state index contributed by atoms with van der Waals surface area (Å²) in [5, 5.41) is 11.5. The first kappa shape index (κ1) is 17.2. The molecule has 0 radical (unpaired) electrons. The Labute approximate surface area is 166 Å². The topological polar surface area (TPSA) is 119 Å². The van der Waals surface area contributed by atoms with Gasteiger partial charge in [0.1, 0.15) is 0 Å².